The Hall–Kier alpha value is -2.07. The Morgan fingerprint density at radius 1 is 1.19 bits per heavy atom. The maximum Gasteiger partial charge on any atom is 0.222 e. The van der Waals surface area contributed by atoms with Gasteiger partial charge in [0, 0.05) is 18.1 Å². The van der Waals surface area contributed by atoms with E-state index in [0.29, 0.717) is 17.5 Å². The molecule has 2 heterocycles. The standard InChI is InChI=1S/C16H16ClN3O/c1-10-7-8-12-5-4-6-14(15(12)18-10)21-16-13(9-17)11(2)19-20(16)3/h4-8H,9H2,1-3H3. The van der Waals surface area contributed by atoms with Crippen molar-refractivity contribution >= 4 is 22.5 Å². The van der Waals surface area contributed by atoms with Crippen molar-refractivity contribution in [2.75, 3.05) is 0 Å². The first-order valence-electron chi connectivity index (χ1n) is 6.73. The first-order chi connectivity index (χ1) is 10.1. The summed E-state index contributed by atoms with van der Waals surface area (Å²) in [5.74, 6) is 1.75. The predicted octanol–water partition coefficient (Wildman–Crippen LogP) is 4.12. The van der Waals surface area contributed by atoms with Crippen LogP contribution in [-0.2, 0) is 12.9 Å². The average Bonchev–Trinajstić information content (AvgIpc) is 2.73. The van der Waals surface area contributed by atoms with Crippen molar-refractivity contribution in [1.29, 1.82) is 0 Å². The molecule has 0 aliphatic rings. The number of nitrogens with zero attached hydrogens (tertiary/aromatic N) is 3. The van der Waals surface area contributed by atoms with Crippen LogP contribution in [0.5, 0.6) is 11.6 Å². The number of alkyl halides is 1. The molecule has 2 aromatic heterocycles. The first kappa shape index (κ1) is 13.9. The Kier molecular flexibility index (Phi) is 3.55. The van der Waals surface area contributed by atoms with Gasteiger partial charge in [-0.1, -0.05) is 18.2 Å². The molecule has 0 atom stereocenters. The predicted molar refractivity (Wildman–Crippen MR) is 84.1 cm³/mol. The van der Waals surface area contributed by atoms with E-state index in [1.807, 2.05) is 51.2 Å². The number of rotatable bonds is 3. The molecule has 0 aliphatic heterocycles. The molecule has 3 rings (SSSR count). The van der Waals surface area contributed by atoms with Crippen LogP contribution < -0.4 is 4.74 Å². The highest BCUT2D eigenvalue weighted by Crippen LogP contribution is 2.32. The summed E-state index contributed by atoms with van der Waals surface area (Å²) in [4.78, 5) is 4.58. The van der Waals surface area contributed by atoms with Gasteiger partial charge in [0.15, 0.2) is 5.75 Å². The van der Waals surface area contributed by atoms with Gasteiger partial charge in [-0.05, 0) is 26.0 Å². The summed E-state index contributed by atoms with van der Waals surface area (Å²) in [6, 6.07) is 9.92. The van der Waals surface area contributed by atoms with Gasteiger partial charge < -0.3 is 4.74 Å². The number of hydrogen-bond donors (Lipinski definition) is 0. The molecule has 0 saturated heterocycles. The molecule has 0 bridgehead atoms. The zero-order chi connectivity index (χ0) is 15.0. The number of fused-ring (bicyclic) bond motifs is 1. The van der Waals surface area contributed by atoms with Gasteiger partial charge in [0.05, 0.1) is 17.1 Å². The monoisotopic (exact) mass is 301 g/mol. The Balaban J connectivity index is 2.12. The van der Waals surface area contributed by atoms with Gasteiger partial charge in [-0.3, -0.25) is 0 Å². The third-order valence-electron chi connectivity index (χ3n) is 3.45. The fourth-order valence-electron chi connectivity index (χ4n) is 2.37. The molecule has 0 N–H and O–H groups in total. The van der Waals surface area contributed by atoms with Crippen LogP contribution >= 0.6 is 11.6 Å². The van der Waals surface area contributed by atoms with E-state index in [9.17, 15) is 0 Å². The molecule has 5 heteroatoms. The molecule has 0 amide bonds. The van der Waals surface area contributed by atoms with Gasteiger partial charge in [-0.15, -0.1) is 11.6 Å². The van der Waals surface area contributed by atoms with Crippen LogP contribution in [0.2, 0.25) is 0 Å². The summed E-state index contributed by atoms with van der Waals surface area (Å²) >= 11 is 6.01. The summed E-state index contributed by atoms with van der Waals surface area (Å²) in [5.41, 5.74) is 3.59. The van der Waals surface area contributed by atoms with Crippen molar-refractivity contribution in [2.24, 2.45) is 7.05 Å². The maximum atomic E-state index is 6.07. The van der Waals surface area contributed by atoms with Gasteiger partial charge in [-0.25, -0.2) is 9.67 Å². The molecule has 0 radical (unpaired) electrons. The van der Waals surface area contributed by atoms with Crippen molar-refractivity contribution < 1.29 is 4.74 Å². The molecule has 0 fully saturated rings. The van der Waals surface area contributed by atoms with Crippen LogP contribution in [0.15, 0.2) is 30.3 Å². The molecular formula is C16H16ClN3O. The average molecular weight is 302 g/mol. The first-order valence-corrected chi connectivity index (χ1v) is 7.26. The van der Waals surface area contributed by atoms with Gasteiger partial charge in [-0.2, -0.15) is 5.10 Å². The van der Waals surface area contributed by atoms with E-state index in [4.69, 9.17) is 16.3 Å². The molecule has 0 saturated carbocycles. The Labute approximate surface area is 128 Å². The third-order valence-corrected chi connectivity index (χ3v) is 3.72. The van der Waals surface area contributed by atoms with Crippen molar-refractivity contribution in [2.45, 2.75) is 19.7 Å². The second-order valence-electron chi connectivity index (χ2n) is 5.01. The lowest BCUT2D eigenvalue weighted by atomic mass is 10.2. The number of para-hydroxylation sites is 1. The Bertz CT molecular complexity index is 811. The minimum atomic E-state index is 0.367. The highest BCUT2D eigenvalue weighted by Gasteiger charge is 2.16. The molecule has 0 spiro atoms. The highest BCUT2D eigenvalue weighted by molar-refractivity contribution is 6.17. The topological polar surface area (TPSA) is 39.9 Å². The van der Waals surface area contributed by atoms with Crippen molar-refractivity contribution in [3.63, 3.8) is 0 Å². The minimum absolute atomic E-state index is 0.367. The van der Waals surface area contributed by atoms with Gasteiger partial charge in [0.2, 0.25) is 5.88 Å². The van der Waals surface area contributed by atoms with E-state index in [0.717, 1.165) is 27.9 Å². The van der Waals surface area contributed by atoms with Crippen LogP contribution in [-0.4, -0.2) is 14.8 Å². The van der Waals surface area contributed by atoms with Crippen LogP contribution in [0, 0.1) is 13.8 Å². The summed E-state index contributed by atoms with van der Waals surface area (Å²) in [6.45, 7) is 3.89. The van der Waals surface area contributed by atoms with E-state index in [1.54, 1.807) is 4.68 Å². The van der Waals surface area contributed by atoms with Gasteiger partial charge >= 0.3 is 0 Å². The fourth-order valence-corrected chi connectivity index (χ4v) is 2.67. The smallest absolute Gasteiger partial charge is 0.222 e. The minimum Gasteiger partial charge on any atom is -0.437 e. The lowest BCUT2D eigenvalue weighted by Crippen LogP contribution is -1.98. The lowest BCUT2D eigenvalue weighted by Gasteiger charge is -2.10. The van der Waals surface area contributed by atoms with Crippen molar-refractivity contribution in [1.82, 2.24) is 14.8 Å². The quantitative estimate of drug-likeness (QED) is 0.683. The summed E-state index contributed by atoms with van der Waals surface area (Å²) < 4.78 is 7.78. The summed E-state index contributed by atoms with van der Waals surface area (Å²) in [6.07, 6.45) is 0. The maximum absolute atomic E-state index is 6.07. The molecule has 3 aromatic rings. The van der Waals surface area contributed by atoms with Crippen LogP contribution in [0.1, 0.15) is 17.0 Å². The van der Waals surface area contributed by atoms with E-state index in [1.165, 1.54) is 0 Å². The third kappa shape index (κ3) is 2.47. The Morgan fingerprint density at radius 2 is 2.00 bits per heavy atom. The molecule has 0 aliphatic carbocycles. The largest absolute Gasteiger partial charge is 0.437 e. The van der Waals surface area contributed by atoms with Crippen molar-refractivity contribution in [3.05, 3.63) is 47.3 Å². The lowest BCUT2D eigenvalue weighted by molar-refractivity contribution is 0.431. The fraction of sp³-hybridized carbons (Fsp3) is 0.250. The highest BCUT2D eigenvalue weighted by atomic mass is 35.5. The number of pyridine rings is 1. The number of aromatic nitrogens is 3. The SMILES string of the molecule is Cc1ccc2cccc(Oc3c(CCl)c(C)nn3C)c2n1. The van der Waals surface area contributed by atoms with Crippen LogP contribution in [0.3, 0.4) is 0 Å². The number of benzene rings is 1. The molecular weight excluding hydrogens is 286 g/mol. The van der Waals surface area contributed by atoms with Gasteiger partial charge in [0.1, 0.15) is 5.52 Å². The molecule has 108 valence electrons. The summed E-state index contributed by atoms with van der Waals surface area (Å²) in [7, 11) is 1.85. The Morgan fingerprint density at radius 3 is 2.76 bits per heavy atom. The number of halogens is 1. The van der Waals surface area contributed by atoms with Crippen LogP contribution in [0.4, 0.5) is 0 Å². The van der Waals surface area contributed by atoms with E-state index in [2.05, 4.69) is 10.1 Å². The number of hydrogen-bond acceptors (Lipinski definition) is 3. The van der Waals surface area contributed by atoms with Gasteiger partial charge in [0.25, 0.3) is 0 Å². The molecule has 4 nitrogen and oxygen atoms in total. The summed E-state index contributed by atoms with van der Waals surface area (Å²) in [5, 5.41) is 5.41. The second-order valence-corrected chi connectivity index (χ2v) is 5.28. The number of aryl methyl sites for hydroxylation is 3. The van der Waals surface area contributed by atoms with Crippen molar-refractivity contribution in [3.8, 4) is 11.6 Å². The zero-order valence-corrected chi connectivity index (χ0v) is 13.0. The normalized spacial score (nSPS) is 11.0. The van der Waals surface area contributed by atoms with E-state index in [-0.39, 0.29) is 0 Å². The van der Waals surface area contributed by atoms with E-state index >= 15 is 0 Å². The molecule has 1 aromatic carbocycles. The molecule has 21 heavy (non-hydrogen) atoms. The number of ether oxygens (including phenoxy) is 1. The van der Waals surface area contributed by atoms with Crippen LogP contribution in [0.25, 0.3) is 10.9 Å². The zero-order valence-electron chi connectivity index (χ0n) is 12.2. The van der Waals surface area contributed by atoms with E-state index < -0.39 is 0 Å². The second kappa shape index (κ2) is 5.37. The molecule has 0 unspecified atom stereocenters.